The van der Waals surface area contributed by atoms with Crippen LogP contribution in [0.25, 0.3) is 0 Å². The standard InChI is InChI=1S/C17H36N2/c1-16(2)10-5-3-4-7-13-18-14-9-12-17-11-6-8-15-19-17/h16-19H,3-15H2,1-2H3. The highest BCUT2D eigenvalue weighted by molar-refractivity contribution is 4.72. The van der Waals surface area contributed by atoms with Gasteiger partial charge >= 0.3 is 0 Å². The van der Waals surface area contributed by atoms with Gasteiger partial charge in [0.05, 0.1) is 0 Å². The van der Waals surface area contributed by atoms with E-state index in [1.165, 1.54) is 83.8 Å². The van der Waals surface area contributed by atoms with E-state index in [-0.39, 0.29) is 0 Å². The molecule has 1 unspecified atom stereocenters. The van der Waals surface area contributed by atoms with Crippen molar-refractivity contribution in [1.29, 1.82) is 0 Å². The Bertz CT molecular complexity index is 186. The fraction of sp³-hybridized carbons (Fsp3) is 1.00. The molecule has 1 saturated heterocycles. The third kappa shape index (κ3) is 10.4. The van der Waals surface area contributed by atoms with Gasteiger partial charge in [-0.2, -0.15) is 0 Å². The van der Waals surface area contributed by atoms with Gasteiger partial charge in [-0.25, -0.2) is 0 Å². The van der Waals surface area contributed by atoms with Crippen LogP contribution in [0, 0.1) is 5.92 Å². The van der Waals surface area contributed by atoms with Gasteiger partial charge in [0.1, 0.15) is 0 Å². The summed E-state index contributed by atoms with van der Waals surface area (Å²) in [6, 6.07) is 0.812. The van der Waals surface area contributed by atoms with Crippen molar-refractivity contribution in [2.24, 2.45) is 5.92 Å². The lowest BCUT2D eigenvalue weighted by atomic mass is 10.0. The maximum atomic E-state index is 3.63. The molecule has 0 bridgehead atoms. The van der Waals surface area contributed by atoms with Crippen LogP contribution < -0.4 is 10.6 Å². The molecule has 0 spiro atoms. The van der Waals surface area contributed by atoms with Crippen LogP contribution in [0.2, 0.25) is 0 Å². The average Bonchev–Trinajstić information content (AvgIpc) is 2.42. The SMILES string of the molecule is CC(C)CCCCCCNCCCC1CCCCN1. The van der Waals surface area contributed by atoms with E-state index in [4.69, 9.17) is 0 Å². The molecule has 0 aromatic carbocycles. The lowest BCUT2D eigenvalue weighted by molar-refractivity contribution is 0.372. The average molecular weight is 268 g/mol. The molecule has 1 rings (SSSR count). The monoisotopic (exact) mass is 268 g/mol. The third-order valence-electron chi connectivity index (χ3n) is 4.20. The number of unbranched alkanes of at least 4 members (excludes halogenated alkanes) is 3. The lowest BCUT2D eigenvalue weighted by Gasteiger charge is -2.23. The highest BCUT2D eigenvalue weighted by atomic mass is 14.9. The minimum Gasteiger partial charge on any atom is -0.317 e. The molecule has 1 heterocycles. The molecule has 114 valence electrons. The van der Waals surface area contributed by atoms with Gasteiger partial charge in [-0.1, -0.05) is 46.0 Å². The van der Waals surface area contributed by atoms with E-state index < -0.39 is 0 Å². The van der Waals surface area contributed by atoms with Crippen molar-refractivity contribution in [1.82, 2.24) is 10.6 Å². The number of piperidine rings is 1. The van der Waals surface area contributed by atoms with Crippen LogP contribution in [0.15, 0.2) is 0 Å². The van der Waals surface area contributed by atoms with Gasteiger partial charge in [0.15, 0.2) is 0 Å². The molecule has 0 radical (unpaired) electrons. The second kappa shape index (κ2) is 11.7. The van der Waals surface area contributed by atoms with Crippen molar-refractivity contribution < 1.29 is 0 Å². The Morgan fingerprint density at radius 1 is 1.00 bits per heavy atom. The maximum absolute atomic E-state index is 3.63. The summed E-state index contributed by atoms with van der Waals surface area (Å²) in [6.07, 6.45) is 13.9. The first-order valence-corrected chi connectivity index (χ1v) is 8.73. The molecule has 2 heteroatoms. The van der Waals surface area contributed by atoms with Gasteiger partial charge in [0, 0.05) is 6.04 Å². The summed E-state index contributed by atoms with van der Waals surface area (Å²) in [7, 11) is 0. The highest BCUT2D eigenvalue weighted by Crippen LogP contribution is 2.11. The Labute approximate surface area is 121 Å². The molecular weight excluding hydrogens is 232 g/mol. The van der Waals surface area contributed by atoms with Crippen molar-refractivity contribution in [2.75, 3.05) is 19.6 Å². The van der Waals surface area contributed by atoms with Crippen LogP contribution in [0.4, 0.5) is 0 Å². The normalized spacial score (nSPS) is 20.1. The third-order valence-corrected chi connectivity index (χ3v) is 4.20. The Balaban J connectivity index is 1.73. The van der Waals surface area contributed by atoms with Crippen molar-refractivity contribution in [3.05, 3.63) is 0 Å². The Hall–Kier alpha value is -0.0800. The molecule has 2 nitrogen and oxygen atoms in total. The summed E-state index contributed by atoms with van der Waals surface area (Å²) in [4.78, 5) is 0. The smallest absolute Gasteiger partial charge is 0.00675 e. The van der Waals surface area contributed by atoms with Gasteiger partial charge in [-0.05, 0) is 57.7 Å². The zero-order valence-corrected chi connectivity index (χ0v) is 13.3. The first-order valence-electron chi connectivity index (χ1n) is 8.73. The Morgan fingerprint density at radius 2 is 1.79 bits per heavy atom. The summed E-state index contributed by atoms with van der Waals surface area (Å²) in [5.74, 6) is 0.881. The molecule has 0 aromatic rings. The van der Waals surface area contributed by atoms with Crippen molar-refractivity contribution in [3.8, 4) is 0 Å². The van der Waals surface area contributed by atoms with Crippen molar-refractivity contribution in [3.63, 3.8) is 0 Å². The van der Waals surface area contributed by atoms with E-state index in [0.717, 1.165) is 12.0 Å². The van der Waals surface area contributed by atoms with Crippen molar-refractivity contribution >= 4 is 0 Å². The number of hydrogen-bond acceptors (Lipinski definition) is 2. The molecule has 1 atom stereocenters. The van der Waals surface area contributed by atoms with Crippen LogP contribution >= 0.6 is 0 Å². The minimum absolute atomic E-state index is 0.812. The van der Waals surface area contributed by atoms with E-state index in [2.05, 4.69) is 24.5 Å². The quantitative estimate of drug-likeness (QED) is 0.551. The predicted molar refractivity (Wildman–Crippen MR) is 85.7 cm³/mol. The van der Waals surface area contributed by atoms with Crippen LogP contribution in [0.3, 0.4) is 0 Å². The second-order valence-electron chi connectivity index (χ2n) is 6.64. The fourth-order valence-electron chi connectivity index (χ4n) is 2.92. The largest absolute Gasteiger partial charge is 0.317 e. The van der Waals surface area contributed by atoms with Crippen LogP contribution in [0.1, 0.15) is 78.1 Å². The molecular formula is C17H36N2. The number of nitrogens with one attached hydrogen (secondary N) is 2. The lowest BCUT2D eigenvalue weighted by Crippen LogP contribution is -2.34. The fourth-order valence-corrected chi connectivity index (χ4v) is 2.92. The number of hydrogen-bond donors (Lipinski definition) is 2. The van der Waals surface area contributed by atoms with Crippen LogP contribution in [-0.4, -0.2) is 25.7 Å². The molecule has 1 aliphatic rings. The first-order chi connectivity index (χ1) is 9.29. The molecule has 0 aliphatic carbocycles. The molecule has 1 aliphatic heterocycles. The zero-order valence-electron chi connectivity index (χ0n) is 13.3. The zero-order chi connectivity index (χ0) is 13.8. The molecule has 1 fully saturated rings. The van der Waals surface area contributed by atoms with Gasteiger partial charge in [0.25, 0.3) is 0 Å². The molecule has 0 saturated carbocycles. The summed E-state index contributed by atoms with van der Waals surface area (Å²) in [5.41, 5.74) is 0. The predicted octanol–water partition coefficient (Wildman–Crippen LogP) is 4.10. The summed E-state index contributed by atoms with van der Waals surface area (Å²) in [6.45, 7) is 8.32. The topological polar surface area (TPSA) is 24.1 Å². The Morgan fingerprint density at radius 3 is 2.53 bits per heavy atom. The van der Waals surface area contributed by atoms with Crippen LogP contribution in [0.5, 0.6) is 0 Å². The summed E-state index contributed by atoms with van der Waals surface area (Å²) in [5, 5.41) is 7.22. The van der Waals surface area contributed by atoms with E-state index in [1.807, 2.05) is 0 Å². The first kappa shape index (κ1) is 17.0. The molecule has 0 amide bonds. The summed E-state index contributed by atoms with van der Waals surface area (Å²) >= 11 is 0. The van der Waals surface area contributed by atoms with E-state index >= 15 is 0 Å². The molecule has 19 heavy (non-hydrogen) atoms. The molecule has 2 N–H and O–H groups in total. The van der Waals surface area contributed by atoms with Gasteiger partial charge in [0.2, 0.25) is 0 Å². The van der Waals surface area contributed by atoms with Gasteiger partial charge in [-0.3, -0.25) is 0 Å². The Kier molecular flexibility index (Phi) is 10.5. The molecule has 0 aromatic heterocycles. The summed E-state index contributed by atoms with van der Waals surface area (Å²) < 4.78 is 0. The number of rotatable bonds is 11. The minimum atomic E-state index is 0.812. The van der Waals surface area contributed by atoms with Crippen molar-refractivity contribution in [2.45, 2.75) is 84.1 Å². The van der Waals surface area contributed by atoms with Gasteiger partial charge < -0.3 is 10.6 Å². The highest BCUT2D eigenvalue weighted by Gasteiger charge is 2.10. The van der Waals surface area contributed by atoms with E-state index in [9.17, 15) is 0 Å². The van der Waals surface area contributed by atoms with E-state index in [0.29, 0.717) is 0 Å². The second-order valence-corrected chi connectivity index (χ2v) is 6.64. The van der Waals surface area contributed by atoms with E-state index in [1.54, 1.807) is 0 Å². The maximum Gasteiger partial charge on any atom is 0.00675 e. The van der Waals surface area contributed by atoms with Crippen LogP contribution in [-0.2, 0) is 0 Å². The van der Waals surface area contributed by atoms with Gasteiger partial charge in [-0.15, -0.1) is 0 Å².